The number of aryl methyl sites for hydroxylation is 1. The van der Waals surface area contributed by atoms with Gasteiger partial charge in [0, 0.05) is 30.3 Å². The molecule has 3 aromatic rings. The molecule has 0 aliphatic carbocycles. The number of rotatable bonds is 6. The predicted octanol–water partition coefficient (Wildman–Crippen LogP) is 5.12. The zero-order valence-electron chi connectivity index (χ0n) is 16.2. The fraction of sp³-hybridized carbons (Fsp3) is 0.364. The molecule has 146 valence electrons. The van der Waals surface area contributed by atoms with Crippen molar-refractivity contribution in [1.82, 2.24) is 14.9 Å². The van der Waals surface area contributed by atoms with Crippen LogP contribution in [0.1, 0.15) is 24.3 Å². The summed E-state index contributed by atoms with van der Waals surface area (Å²) in [6.07, 6.45) is 7.06. The van der Waals surface area contributed by atoms with Crippen molar-refractivity contribution in [2.45, 2.75) is 30.2 Å². The van der Waals surface area contributed by atoms with Crippen LogP contribution in [0.4, 0.5) is 0 Å². The molecular weight excluding hydrogens is 465 g/mol. The van der Waals surface area contributed by atoms with E-state index in [1.165, 1.54) is 19.4 Å². The monoisotopic (exact) mass is 489 g/mol. The van der Waals surface area contributed by atoms with E-state index in [9.17, 15) is 0 Å². The van der Waals surface area contributed by atoms with Gasteiger partial charge in [-0.15, -0.1) is 0 Å². The van der Waals surface area contributed by atoms with Gasteiger partial charge in [0.05, 0.1) is 23.0 Å². The first-order valence-electron chi connectivity index (χ1n) is 9.58. The van der Waals surface area contributed by atoms with E-state index in [4.69, 9.17) is 14.1 Å². The molecule has 1 aliphatic rings. The summed E-state index contributed by atoms with van der Waals surface area (Å²) in [6, 6.07) is 10.2. The lowest BCUT2D eigenvalue weighted by Gasteiger charge is -2.18. The smallest absolute Gasteiger partial charge is 0.226 e. The highest BCUT2D eigenvalue weighted by Gasteiger charge is 2.22. The minimum absolute atomic E-state index is 0.655. The molecule has 1 saturated heterocycles. The minimum Gasteiger partial charge on any atom is -0.495 e. The molecule has 1 atom stereocenters. The zero-order chi connectivity index (χ0) is 19.5. The number of pyridine rings is 1. The summed E-state index contributed by atoms with van der Waals surface area (Å²) in [5, 5.41) is 0. The van der Waals surface area contributed by atoms with E-state index in [1.807, 2.05) is 31.3 Å². The number of nitrogens with zero attached hydrogens (tertiary/aromatic N) is 3. The Kier molecular flexibility index (Phi) is 5.96. The third-order valence-corrected chi connectivity index (χ3v) is 6.64. The maximum atomic E-state index is 5.96. The van der Waals surface area contributed by atoms with Crippen LogP contribution in [0.5, 0.6) is 5.75 Å². The molecule has 6 heteroatoms. The predicted molar refractivity (Wildman–Crippen MR) is 119 cm³/mol. The largest absolute Gasteiger partial charge is 0.495 e. The first-order chi connectivity index (χ1) is 13.6. The number of methoxy groups -OCH3 is 1. The van der Waals surface area contributed by atoms with Gasteiger partial charge in [-0.2, -0.15) is 0 Å². The van der Waals surface area contributed by atoms with Crippen molar-refractivity contribution in [3.8, 4) is 28.3 Å². The van der Waals surface area contributed by atoms with Crippen LogP contribution in [0.2, 0.25) is 0 Å². The molecule has 5 nitrogen and oxygen atoms in total. The van der Waals surface area contributed by atoms with Crippen LogP contribution < -0.4 is 4.74 Å². The van der Waals surface area contributed by atoms with E-state index in [0.717, 1.165) is 46.9 Å². The minimum atomic E-state index is 0.655. The Hall–Kier alpha value is -1.93. The van der Waals surface area contributed by atoms with Crippen LogP contribution in [0.25, 0.3) is 22.6 Å². The van der Waals surface area contributed by atoms with E-state index in [0.29, 0.717) is 9.94 Å². The third-order valence-electron chi connectivity index (χ3n) is 5.23. The van der Waals surface area contributed by atoms with Crippen molar-refractivity contribution in [2.24, 2.45) is 0 Å². The molecule has 0 spiro atoms. The Morgan fingerprint density at radius 3 is 2.68 bits per heavy atom. The van der Waals surface area contributed by atoms with Crippen molar-refractivity contribution in [3.63, 3.8) is 0 Å². The summed E-state index contributed by atoms with van der Waals surface area (Å²) in [5.41, 5.74) is 4.16. The molecule has 0 bridgehead atoms. The maximum absolute atomic E-state index is 5.96. The average molecular weight is 489 g/mol. The number of halogens is 1. The summed E-state index contributed by atoms with van der Waals surface area (Å²) in [7, 11) is 1.65. The molecule has 3 heterocycles. The van der Waals surface area contributed by atoms with Gasteiger partial charge in [0.1, 0.15) is 11.5 Å². The average Bonchev–Trinajstić information content (AvgIpc) is 3.31. The molecule has 0 saturated carbocycles. The first kappa shape index (κ1) is 19.4. The molecule has 4 rings (SSSR count). The second-order valence-corrected chi connectivity index (χ2v) is 8.51. The highest BCUT2D eigenvalue weighted by atomic mass is 127. The van der Waals surface area contributed by atoms with E-state index >= 15 is 0 Å². The van der Waals surface area contributed by atoms with Crippen LogP contribution in [0.15, 0.2) is 47.1 Å². The standard InChI is InChI=1S/C22H24IN3O2/c1-15-20(9-11-26-10-3-4-21(26)23)25-22(28-15)17-7-5-16(6-8-17)18-12-19(27-2)14-24-13-18/h5-8,12-14,21H,3-4,9-11H2,1-2H3/t21-/m0/s1. The lowest BCUT2D eigenvalue weighted by atomic mass is 10.1. The van der Waals surface area contributed by atoms with Crippen LogP contribution in [0, 0.1) is 6.92 Å². The number of hydrogen-bond acceptors (Lipinski definition) is 5. The highest BCUT2D eigenvalue weighted by molar-refractivity contribution is 14.1. The topological polar surface area (TPSA) is 51.4 Å². The van der Waals surface area contributed by atoms with Crippen LogP contribution in [0.3, 0.4) is 0 Å². The molecule has 0 radical (unpaired) electrons. The fourth-order valence-electron chi connectivity index (χ4n) is 3.56. The van der Waals surface area contributed by atoms with Crippen LogP contribution in [-0.4, -0.2) is 39.1 Å². The van der Waals surface area contributed by atoms with Crippen molar-refractivity contribution < 1.29 is 9.15 Å². The summed E-state index contributed by atoms with van der Waals surface area (Å²) in [4.78, 5) is 11.5. The second-order valence-electron chi connectivity index (χ2n) is 7.08. The molecule has 0 N–H and O–H groups in total. The SMILES string of the molecule is COc1cncc(-c2ccc(-c3nc(CCN4CCC[C@H]4I)c(C)o3)cc2)c1. The molecule has 1 aromatic carbocycles. The number of alkyl halides is 1. The van der Waals surface area contributed by atoms with Gasteiger partial charge in [-0.05, 0) is 50.1 Å². The molecule has 1 fully saturated rings. The molecule has 2 aromatic heterocycles. The number of oxazole rings is 1. The normalized spacial score (nSPS) is 17.2. The zero-order valence-corrected chi connectivity index (χ0v) is 18.3. The van der Waals surface area contributed by atoms with Gasteiger partial charge in [-0.25, -0.2) is 4.98 Å². The molecular formula is C22H24IN3O2. The highest BCUT2D eigenvalue weighted by Crippen LogP contribution is 2.28. The first-order valence-corrected chi connectivity index (χ1v) is 10.8. The second kappa shape index (κ2) is 8.61. The van der Waals surface area contributed by atoms with E-state index in [2.05, 4.69) is 44.6 Å². The number of aromatic nitrogens is 2. The van der Waals surface area contributed by atoms with Gasteiger partial charge in [0.25, 0.3) is 0 Å². The Morgan fingerprint density at radius 1 is 1.18 bits per heavy atom. The number of ether oxygens (including phenoxy) is 1. The number of benzene rings is 1. The van der Waals surface area contributed by atoms with E-state index in [1.54, 1.807) is 13.3 Å². The van der Waals surface area contributed by atoms with E-state index < -0.39 is 0 Å². The van der Waals surface area contributed by atoms with E-state index in [-0.39, 0.29) is 0 Å². The van der Waals surface area contributed by atoms with Crippen LogP contribution in [-0.2, 0) is 6.42 Å². The van der Waals surface area contributed by atoms with Crippen molar-refractivity contribution in [3.05, 3.63) is 54.2 Å². The summed E-state index contributed by atoms with van der Waals surface area (Å²) < 4.78 is 11.9. The Labute approximate surface area is 179 Å². The Bertz CT molecular complexity index is 939. The number of hydrogen-bond donors (Lipinski definition) is 0. The quantitative estimate of drug-likeness (QED) is 0.273. The molecule has 0 unspecified atom stereocenters. The fourth-order valence-corrected chi connectivity index (χ4v) is 4.56. The van der Waals surface area contributed by atoms with Crippen molar-refractivity contribution in [1.29, 1.82) is 0 Å². The van der Waals surface area contributed by atoms with Gasteiger partial charge in [-0.3, -0.25) is 9.88 Å². The number of likely N-dealkylation sites (tertiary alicyclic amines) is 1. The van der Waals surface area contributed by atoms with Gasteiger partial charge in [0.15, 0.2) is 0 Å². The molecule has 0 amide bonds. The maximum Gasteiger partial charge on any atom is 0.226 e. The summed E-state index contributed by atoms with van der Waals surface area (Å²) >= 11 is 2.54. The summed E-state index contributed by atoms with van der Waals surface area (Å²) in [6.45, 7) is 4.24. The van der Waals surface area contributed by atoms with Gasteiger partial charge in [0.2, 0.25) is 5.89 Å². The van der Waals surface area contributed by atoms with Crippen molar-refractivity contribution >= 4 is 22.6 Å². The Balaban J connectivity index is 1.48. The van der Waals surface area contributed by atoms with Gasteiger partial charge < -0.3 is 9.15 Å². The third kappa shape index (κ3) is 4.22. The lowest BCUT2D eigenvalue weighted by Crippen LogP contribution is -2.27. The molecule has 28 heavy (non-hydrogen) atoms. The lowest BCUT2D eigenvalue weighted by molar-refractivity contribution is 0.330. The van der Waals surface area contributed by atoms with Crippen molar-refractivity contribution in [2.75, 3.05) is 20.2 Å². The Morgan fingerprint density at radius 2 is 1.96 bits per heavy atom. The van der Waals surface area contributed by atoms with Crippen LogP contribution >= 0.6 is 22.6 Å². The summed E-state index contributed by atoms with van der Waals surface area (Å²) in [5.74, 6) is 2.36. The molecule has 1 aliphatic heterocycles. The van der Waals surface area contributed by atoms with Gasteiger partial charge in [-0.1, -0.05) is 34.7 Å². The van der Waals surface area contributed by atoms with Gasteiger partial charge >= 0.3 is 0 Å².